The highest BCUT2D eigenvalue weighted by Crippen LogP contribution is 2.25. The third kappa shape index (κ3) is 2.90. The smallest absolute Gasteiger partial charge is 0.357 e. The monoisotopic (exact) mass is 300 g/mol. The zero-order valence-electron chi connectivity index (χ0n) is 12.2. The summed E-state index contributed by atoms with van der Waals surface area (Å²) < 4.78 is 4.97. The minimum atomic E-state index is -0.750. The van der Waals surface area contributed by atoms with Crippen LogP contribution in [0.5, 0.6) is 0 Å². The number of amides is 2. The van der Waals surface area contributed by atoms with Gasteiger partial charge in [-0.15, -0.1) is 0 Å². The molecule has 0 bridgehead atoms. The number of ether oxygens (including phenoxy) is 1. The van der Waals surface area contributed by atoms with Gasteiger partial charge in [0.05, 0.1) is 5.92 Å². The van der Waals surface area contributed by atoms with Gasteiger partial charge in [-0.3, -0.25) is 9.59 Å². The Morgan fingerprint density at radius 1 is 1.36 bits per heavy atom. The first kappa shape index (κ1) is 14.4. The van der Waals surface area contributed by atoms with E-state index in [1.54, 1.807) is 36.3 Å². The number of fused-ring (bicyclic) bond motifs is 1. The van der Waals surface area contributed by atoms with E-state index in [9.17, 15) is 14.4 Å². The number of hydrogen-bond donors (Lipinski definition) is 0. The summed E-state index contributed by atoms with van der Waals surface area (Å²) in [6.07, 6.45) is 10.6. The molecule has 22 heavy (non-hydrogen) atoms. The van der Waals surface area contributed by atoms with Gasteiger partial charge in [0.25, 0.3) is 11.8 Å². The summed E-state index contributed by atoms with van der Waals surface area (Å²) in [5, 5.41) is 0. The van der Waals surface area contributed by atoms with E-state index < -0.39 is 17.8 Å². The summed E-state index contributed by atoms with van der Waals surface area (Å²) in [7, 11) is 1.70. The first-order valence-corrected chi connectivity index (χ1v) is 7.18. The van der Waals surface area contributed by atoms with Crippen LogP contribution in [0.15, 0.2) is 40.9 Å². The van der Waals surface area contributed by atoms with Gasteiger partial charge in [0, 0.05) is 13.1 Å². The quantitative estimate of drug-likeness (QED) is 0.720. The fourth-order valence-electron chi connectivity index (χ4n) is 2.37. The van der Waals surface area contributed by atoms with Gasteiger partial charge in [-0.1, -0.05) is 24.3 Å². The molecule has 3 rings (SSSR count). The fraction of sp³-hybridized carbons (Fsp3) is 0.375. The second-order valence-corrected chi connectivity index (χ2v) is 5.51. The van der Waals surface area contributed by atoms with Crippen molar-refractivity contribution in [2.75, 3.05) is 13.7 Å². The predicted octanol–water partition coefficient (Wildman–Crippen LogP) is 0.800. The van der Waals surface area contributed by atoms with Gasteiger partial charge in [0.1, 0.15) is 0 Å². The van der Waals surface area contributed by atoms with Gasteiger partial charge >= 0.3 is 5.97 Å². The summed E-state index contributed by atoms with van der Waals surface area (Å²) in [6, 6.07) is 0.266. The van der Waals surface area contributed by atoms with Gasteiger partial charge < -0.3 is 9.64 Å². The molecular formula is C16H16N2O4. The lowest BCUT2D eigenvalue weighted by Gasteiger charge is -2.19. The maximum Gasteiger partial charge on any atom is 0.357 e. The van der Waals surface area contributed by atoms with Gasteiger partial charge in [0.2, 0.25) is 0 Å². The number of hydrogen-bond acceptors (Lipinski definition) is 4. The Bertz CT molecular complexity index is 653. The molecule has 0 N–H and O–H groups in total. The highest BCUT2D eigenvalue weighted by molar-refractivity contribution is 6.43. The Hall–Kier alpha value is -2.50. The number of likely N-dealkylation sites (N-methyl/N-ethyl adjacent to an activating group) is 1. The summed E-state index contributed by atoms with van der Waals surface area (Å²) in [5.74, 6) is -1.82. The molecular weight excluding hydrogens is 284 g/mol. The maximum atomic E-state index is 12.0. The maximum absolute atomic E-state index is 12.0. The molecule has 6 heteroatoms. The molecule has 1 aliphatic heterocycles. The van der Waals surface area contributed by atoms with Crippen LogP contribution in [0.3, 0.4) is 0 Å². The van der Waals surface area contributed by atoms with Crippen molar-refractivity contribution in [2.45, 2.75) is 18.9 Å². The molecule has 3 aliphatic rings. The van der Waals surface area contributed by atoms with E-state index in [1.807, 2.05) is 0 Å². The predicted molar refractivity (Wildman–Crippen MR) is 79.0 cm³/mol. The van der Waals surface area contributed by atoms with E-state index in [-0.39, 0.29) is 24.3 Å². The molecule has 0 aromatic rings. The highest BCUT2D eigenvalue weighted by atomic mass is 16.5. The van der Waals surface area contributed by atoms with Gasteiger partial charge in [-0.2, -0.15) is 0 Å². The number of allylic oxidation sites excluding steroid dienone is 3. The van der Waals surface area contributed by atoms with Crippen molar-refractivity contribution in [3.63, 3.8) is 0 Å². The van der Waals surface area contributed by atoms with Crippen molar-refractivity contribution in [1.29, 1.82) is 0 Å². The molecule has 1 unspecified atom stereocenters. The van der Waals surface area contributed by atoms with Gasteiger partial charge in [-0.25, -0.2) is 9.79 Å². The molecule has 1 saturated carbocycles. The third-order valence-electron chi connectivity index (χ3n) is 3.89. The molecule has 114 valence electrons. The van der Waals surface area contributed by atoms with Crippen LogP contribution in [-0.4, -0.2) is 48.1 Å². The standard InChI is InChI=1S/C16H16N2O4/c1-18(11-6-7-11)14(19)9-22-16(21)13-8-10-4-2-3-5-12(10)15(20)17-13/h2-5,8,11-12H,6-7,9H2,1H3. The molecule has 0 aromatic heterocycles. The van der Waals surface area contributed by atoms with Crippen LogP contribution in [0, 0.1) is 5.92 Å². The van der Waals surface area contributed by atoms with Crippen molar-refractivity contribution in [1.82, 2.24) is 4.90 Å². The molecule has 0 saturated heterocycles. The molecule has 0 spiro atoms. The zero-order chi connectivity index (χ0) is 15.7. The van der Waals surface area contributed by atoms with E-state index in [0.717, 1.165) is 12.8 Å². The average Bonchev–Trinajstić information content (AvgIpc) is 3.36. The largest absolute Gasteiger partial charge is 0.451 e. The van der Waals surface area contributed by atoms with Crippen molar-refractivity contribution in [2.24, 2.45) is 10.9 Å². The van der Waals surface area contributed by atoms with Crippen LogP contribution in [0.2, 0.25) is 0 Å². The van der Waals surface area contributed by atoms with E-state index in [0.29, 0.717) is 5.57 Å². The number of carbonyl (C=O) groups excluding carboxylic acids is 3. The lowest BCUT2D eigenvalue weighted by Crippen LogP contribution is -2.34. The molecule has 2 amide bonds. The number of nitrogens with zero attached hydrogens (tertiary/aromatic N) is 2. The third-order valence-corrected chi connectivity index (χ3v) is 3.89. The molecule has 1 atom stereocenters. The van der Waals surface area contributed by atoms with Crippen LogP contribution >= 0.6 is 0 Å². The van der Waals surface area contributed by atoms with Crippen LogP contribution in [0.25, 0.3) is 0 Å². The van der Waals surface area contributed by atoms with Crippen LogP contribution in [0.1, 0.15) is 12.8 Å². The normalized spacial score (nSPS) is 22.6. The Morgan fingerprint density at radius 3 is 2.86 bits per heavy atom. The number of rotatable bonds is 4. The summed E-state index contributed by atoms with van der Waals surface area (Å²) in [5.41, 5.74) is 0.647. The molecule has 6 nitrogen and oxygen atoms in total. The fourth-order valence-corrected chi connectivity index (χ4v) is 2.37. The Kier molecular flexibility index (Phi) is 3.75. The Morgan fingerprint density at radius 2 is 2.14 bits per heavy atom. The minimum absolute atomic E-state index is 0.0573. The van der Waals surface area contributed by atoms with Gasteiger partial charge in [-0.05, 0) is 24.5 Å². The van der Waals surface area contributed by atoms with E-state index in [2.05, 4.69) is 4.99 Å². The second kappa shape index (κ2) is 5.71. The minimum Gasteiger partial charge on any atom is -0.451 e. The number of carbonyl (C=O) groups is 3. The molecule has 0 aromatic carbocycles. The van der Waals surface area contributed by atoms with Crippen molar-refractivity contribution < 1.29 is 19.1 Å². The Labute approximate surface area is 127 Å². The molecule has 0 radical (unpaired) electrons. The molecule has 1 fully saturated rings. The lowest BCUT2D eigenvalue weighted by molar-refractivity contribution is -0.146. The van der Waals surface area contributed by atoms with Crippen molar-refractivity contribution in [3.8, 4) is 0 Å². The topological polar surface area (TPSA) is 76.0 Å². The van der Waals surface area contributed by atoms with Crippen LogP contribution in [-0.2, 0) is 19.1 Å². The van der Waals surface area contributed by atoms with Crippen molar-refractivity contribution in [3.05, 3.63) is 36.0 Å². The SMILES string of the molecule is CN(C(=O)COC(=O)C1=NC(=O)C2C=CC=CC2=C1)C1CC1. The van der Waals surface area contributed by atoms with E-state index in [1.165, 1.54) is 6.08 Å². The highest BCUT2D eigenvalue weighted by Gasteiger charge is 2.31. The number of dihydropyridines is 1. The average molecular weight is 300 g/mol. The lowest BCUT2D eigenvalue weighted by atomic mass is 9.91. The second-order valence-electron chi connectivity index (χ2n) is 5.51. The summed E-state index contributed by atoms with van der Waals surface area (Å²) in [4.78, 5) is 41.0. The molecule has 2 aliphatic carbocycles. The first-order valence-electron chi connectivity index (χ1n) is 7.18. The number of esters is 1. The molecule has 1 heterocycles. The number of aliphatic imine (C=N–C) groups is 1. The van der Waals surface area contributed by atoms with Crippen molar-refractivity contribution >= 4 is 23.5 Å². The summed E-state index contributed by atoms with van der Waals surface area (Å²) in [6.45, 7) is -0.332. The van der Waals surface area contributed by atoms with E-state index in [4.69, 9.17) is 4.74 Å². The Balaban J connectivity index is 1.61. The zero-order valence-corrected chi connectivity index (χ0v) is 12.2. The van der Waals surface area contributed by atoms with Gasteiger partial charge in [0.15, 0.2) is 12.3 Å². The first-order chi connectivity index (χ1) is 10.6. The van der Waals surface area contributed by atoms with E-state index >= 15 is 0 Å². The van der Waals surface area contributed by atoms with Crippen LogP contribution in [0.4, 0.5) is 0 Å². The van der Waals surface area contributed by atoms with Crippen LogP contribution < -0.4 is 0 Å². The summed E-state index contributed by atoms with van der Waals surface area (Å²) >= 11 is 0.